The van der Waals surface area contributed by atoms with E-state index in [0.29, 0.717) is 21.3 Å². The largest absolute Gasteiger partial charge is 0.324 e. The lowest BCUT2D eigenvalue weighted by molar-refractivity contribution is -0.116. The summed E-state index contributed by atoms with van der Waals surface area (Å²) in [5, 5.41) is 2.66. The van der Waals surface area contributed by atoms with Gasteiger partial charge < -0.3 is 5.32 Å². The molecule has 7 heteroatoms. The lowest BCUT2D eigenvalue weighted by Gasteiger charge is -2.15. The fourth-order valence-electron chi connectivity index (χ4n) is 3.27. The predicted octanol–water partition coefficient (Wildman–Crippen LogP) is 3.91. The van der Waals surface area contributed by atoms with Crippen molar-refractivity contribution in [1.82, 2.24) is 4.90 Å². The van der Waals surface area contributed by atoms with Crippen LogP contribution in [0.1, 0.15) is 36.6 Å². The summed E-state index contributed by atoms with van der Waals surface area (Å²) in [4.78, 5) is 51.4. The average molecular weight is 463 g/mol. The molecule has 30 heavy (non-hydrogen) atoms. The van der Waals surface area contributed by atoms with Crippen LogP contribution in [-0.4, -0.2) is 34.9 Å². The van der Waals surface area contributed by atoms with E-state index in [1.54, 1.807) is 66.7 Å². The lowest BCUT2D eigenvalue weighted by Crippen LogP contribution is -2.37. The van der Waals surface area contributed by atoms with E-state index in [-0.39, 0.29) is 16.9 Å². The molecular weight excluding hydrogens is 448 g/mol. The first-order valence-corrected chi connectivity index (χ1v) is 9.89. The van der Waals surface area contributed by atoms with Crippen LogP contribution in [0.15, 0.2) is 77.3 Å². The Bertz CT molecular complexity index is 1160. The molecular formula is C23H15BrN2O4. The summed E-state index contributed by atoms with van der Waals surface area (Å²) < 4.78 is 0.681. The molecule has 0 radical (unpaired) electrons. The van der Waals surface area contributed by atoms with Gasteiger partial charge in [-0.3, -0.25) is 24.1 Å². The second kappa shape index (κ2) is 8.04. The zero-order valence-electron chi connectivity index (χ0n) is 15.6. The molecule has 3 aromatic carbocycles. The number of rotatable bonds is 5. The van der Waals surface area contributed by atoms with Crippen molar-refractivity contribution in [1.29, 1.82) is 0 Å². The molecule has 0 bridgehead atoms. The molecule has 0 unspecified atom stereocenters. The number of hydrogen-bond donors (Lipinski definition) is 1. The molecule has 1 heterocycles. The zero-order valence-corrected chi connectivity index (χ0v) is 17.2. The maximum atomic E-state index is 12.9. The molecule has 0 aliphatic carbocycles. The molecule has 1 N–H and O–H groups in total. The third-order valence-corrected chi connectivity index (χ3v) is 5.21. The number of imide groups is 1. The van der Waals surface area contributed by atoms with Crippen molar-refractivity contribution < 1.29 is 19.2 Å². The molecule has 1 aliphatic heterocycles. The van der Waals surface area contributed by atoms with Gasteiger partial charge in [-0.05, 0) is 30.3 Å². The normalized spacial score (nSPS) is 12.6. The maximum Gasteiger partial charge on any atom is 0.262 e. The lowest BCUT2D eigenvalue weighted by atomic mass is 10.0. The van der Waals surface area contributed by atoms with E-state index in [4.69, 9.17) is 0 Å². The van der Waals surface area contributed by atoms with Gasteiger partial charge in [-0.2, -0.15) is 0 Å². The van der Waals surface area contributed by atoms with Gasteiger partial charge in [-0.15, -0.1) is 0 Å². The van der Waals surface area contributed by atoms with Crippen LogP contribution in [0, 0.1) is 0 Å². The molecule has 1 aliphatic rings. The minimum Gasteiger partial charge on any atom is -0.324 e. The summed E-state index contributed by atoms with van der Waals surface area (Å²) in [6, 6.07) is 20.0. The summed E-state index contributed by atoms with van der Waals surface area (Å²) in [7, 11) is 0. The SMILES string of the molecule is O=C(CN1C(=O)c2ccccc2C1=O)Nc1ccc(Br)cc1C(=O)c1ccccc1. The molecule has 148 valence electrons. The fourth-order valence-corrected chi connectivity index (χ4v) is 3.64. The second-order valence-corrected chi connectivity index (χ2v) is 7.59. The Morgan fingerprint density at radius 1 is 0.833 bits per heavy atom. The number of benzene rings is 3. The van der Waals surface area contributed by atoms with Crippen LogP contribution >= 0.6 is 15.9 Å². The predicted molar refractivity (Wildman–Crippen MR) is 114 cm³/mol. The van der Waals surface area contributed by atoms with E-state index in [2.05, 4.69) is 21.2 Å². The van der Waals surface area contributed by atoms with E-state index in [0.717, 1.165) is 4.90 Å². The van der Waals surface area contributed by atoms with Crippen LogP contribution in [-0.2, 0) is 4.79 Å². The van der Waals surface area contributed by atoms with Crippen molar-refractivity contribution in [2.24, 2.45) is 0 Å². The van der Waals surface area contributed by atoms with Crippen LogP contribution in [0.2, 0.25) is 0 Å². The highest BCUT2D eigenvalue weighted by atomic mass is 79.9. The highest BCUT2D eigenvalue weighted by Gasteiger charge is 2.36. The van der Waals surface area contributed by atoms with E-state index >= 15 is 0 Å². The quantitative estimate of drug-likeness (QED) is 0.460. The number of carbonyl (C=O) groups is 4. The summed E-state index contributed by atoms with van der Waals surface area (Å²) >= 11 is 3.34. The van der Waals surface area contributed by atoms with Gasteiger partial charge in [0.15, 0.2) is 5.78 Å². The molecule has 3 aromatic rings. The number of fused-ring (bicyclic) bond motifs is 1. The molecule has 3 amide bonds. The fraction of sp³-hybridized carbons (Fsp3) is 0.0435. The first-order chi connectivity index (χ1) is 14.5. The number of halogens is 1. The first-order valence-electron chi connectivity index (χ1n) is 9.10. The van der Waals surface area contributed by atoms with Crippen molar-refractivity contribution in [3.63, 3.8) is 0 Å². The first kappa shape index (κ1) is 19.7. The third-order valence-electron chi connectivity index (χ3n) is 4.72. The number of nitrogens with zero attached hydrogens (tertiary/aromatic N) is 1. The van der Waals surface area contributed by atoms with Crippen molar-refractivity contribution in [3.8, 4) is 0 Å². The van der Waals surface area contributed by atoms with Crippen molar-refractivity contribution >= 4 is 45.1 Å². The van der Waals surface area contributed by atoms with Gasteiger partial charge in [0.05, 0.1) is 16.8 Å². The highest BCUT2D eigenvalue weighted by molar-refractivity contribution is 9.10. The number of nitrogens with one attached hydrogen (secondary N) is 1. The van der Waals surface area contributed by atoms with Gasteiger partial charge in [0.2, 0.25) is 5.91 Å². The molecule has 0 saturated carbocycles. The second-order valence-electron chi connectivity index (χ2n) is 6.68. The Kier molecular flexibility index (Phi) is 5.29. The van der Waals surface area contributed by atoms with Gasteiger partial charge in [-0.1, -0.05) is 58.4 Å². The number of ketones is 1. The molecule has 0 aromatic heterocycles. The van der Waals surface area contributed by atoms with Gasteiger partial charge in [0, 0.05) is 15.6 Å². The molecule has 6 nitrogen and oxygen atoms in total. The van der Waals surface area contributed by atoms with Crippen LogP contribution in [0.25, 0.3) is 0 Å². The van der Waals surface area contributed by atoms with Gasteiger partial charge >= 0.3 is 0 Å². The Balaban J connectivity index is 1.55. The van der Waals surface area contributed by atoms with Gasteiger partial charge in [0.25, 0.3) is 11.8 Å². The van der Waals surface area contributed by atoms with Gasteiger partial charge in [-0.25, -0.2) is 0 Å². The van der Waals surface area contributed by atoms with E-state index in [1.165, 1.54) is 0 Å². The van der Waals surface area contributed by atoms with E-state index in [1.807, 2.05) is 6.07 Å². The topological polar surface area (TPSA) is 83.6 Å². The summed E-state index contributed by atoms with van der Waals surface area (Å²) in [6.07, 6.45) is 0. The van der Waals surface area contributed by atoms with E-state index in [9.17, 15) is 19.2 Å². The number of carbonyl (C=O) groups excluding carboxylic acids is 4. The highest BCUT2D eigenvalue weighted by Crippen LogP contribution is 2.25. The maximum absolute atomic E-state index is 12.9. The van der Waals surface area contributed by atoms with Crippen LogP contribution < -0.4 is 5.32 Å². The monoisotopic (exact) mass is 462 g/mol. The molecule has 0 saturated heterocycles. The Morgan fingerprint density at radius 3 is 2.07 bits per heavy atom. The van der Waals surface area contributed by atoms with E-state index < -0.39 is 24.3 Å². The van der Waals surface area contributed by atoms with Crippen LogP contribution in [0.4, 0.5) is 5.69 Å². The van der Waals surface area contributed by atoms with Crippen LogP contribution in [0.5, 0.6) is 0 Å². The molecule has 0 spiro atoms. The summed E-state index contributed by atoms with van der Waals surface area (Å²) in [6.45, 7) is -0.443. The third kappa shape index (κ3) is 3.67. The number of amides is 3. The van der Waals surface area contributed by atoms with Crippen molar-refractivity contribution in [2.45, 2.75) is 0 Å². The van der Waals surface area contributed by atoms with Gasteiger partial charge in [0.1, 0.15) is 6.54 Å². The Labute approximate surface area is 180 Å². The minimum absolute atomic E-state index is 0.257. The van der Waals surface area contributed by atoms with Crippen molar-refractivity contribution in [3.05, 3.63) is 99.5 Å². The summed E-state index contributed by atoms with van der Waals surface area (Å²) in [5.41, 5.74) is 1.63. The average Bonchev–Trinajstić information content (AvgIpc) is 3.00. The standard InChI is InChI=1S/C23H15BrN2O4/c24-15-10-11-19(18(12-15)21(28)14-6-2-1-3-7-14)25-20(27)13-26-22(29)16-8-4-5-9-17(16)23(26)30/h1-12H,13H2,(H,25,27). The smallest absolute Gasteiger partial charge is 0.262 e. The number of anilines is 1. The number of hydrogen-bond acceptors (Lipinski definition) is 4. The molecule has 0 fully saturated rings. The van der Waals surface area contributed by atoms with Crippen LogP contribution in [0.3, 0.4) is 0 Å². The van der Waals surface area contributed by atoms with Crippen molar-refractivity contribution in [2.75, 3.05) is 11.9 Å². The minimum atomic E-state index is -0.575. The Hall–Kier alpha value is -3.58. The summed E-state index contributed by atoms with van der Waals surface area (Å²) in [5.74, 6) is -1.86. The zero-order chi connectivity index (χ0) is 21.3. The molecule has 4 rings (SSSR count). The Morgan fingerprint density at radius 2 is 1.43 bits per heavy atom. The molecule has 0 atom stereocenters.